The summed E-state index contributed by atoms with van der Waals surface area (Å²) in [4.78, 5) is 13.2. The Kier molecular flexibility index (Phi) is 5.96. The quantitative estimate of drug-likeness (QED) is 0.645. The van der Waals surface area contributed by atoms with Gasteiger partial charge in [-0.3, -0.25) is 4.79 Å². The maximum atomic E-state index is 13.4. The topological polar surface area (TPSA) is 63.2 Å². The molecule has 1 heterocycles. The highest BCUT2D eigenvalue weighted by Crippen LogP contribution is 2.32. The molecule has 0 aliphatic carbocycles. The maximum Gasteiger partial charge on any atom is 0.251 e. The van der Waals surface area contributed by atoms with E-state index < -0.39 is 26.8 Å². The van der Waals surface area contributed by atoms with E-state index in [1.165, 1.54) is 29.5 Å². The van der Waals surface area contributed by atoms with Gasteiger partial charge in [-0.25, -0.2) is 12.8 Å². The molecule has 0 unspecified atom stereocenters. The van der Waals surface area contributed by atoms with E-state index in [2.05, 4.69) is 5.32 Å². The molecule has 0 aliphatic heterocycles. The molecule has 0 fully saturated rings. The number of carbonyl (C=O) groups excluding carboxylic acids is 1. The van der Waals surface area contributed by atoms with Crippen LogP contribution in [0, 0.1) is 19.7 Å². The number of aryl methyl sites for hydroxylation is 2. The molecule has 0 spiro atoms. The van der Waals surface area contributed by atoms with Gasteiger partial charge in [-0.05, 0) is 66.8 Å². The second-order valence-electron chi connectivity index (χ2n) is 6.52. The van der Waals surface area contributed by atoms with E-state index in [0.29, 0.717) is 4.88 Å². The molecule has 28 heavy (non-hydrogen) atoms. The molecule has 0 saturated carbocycles. The summed E-state index contributed by atoms with van der Waals surface area (Å²) >= 11 is 1.32. The Balaban J connectivity index is 1.89. The summed E-state index contributed by atoms with van der Waals surface area (Å²) < 4.78 is 39.9. The molecule has 3 aromatic rings. The maximum absolute atomic E-state index is 13.4. The van der Waals surface area contributed by atoms with Crippen molar-refractivity contribution in [3.8, 4) is 0 Å². The highest BCUT2D eigenvalue weighted by atomic mass is 32.2. The van der Waals surface area contributed by atoms with Crippen molar-refractivity contribution < 1.29 is 17.6 Å². The average Bonchev–Trinajstić information content (AvgIpc) is 3.18. The number of amides is 1. The van der Waals surface area contributed by atoms with Crippen molar-refractivity contribution >= 4 is 27.1 Å². The van der Waals surface area contributed by atoms with Crippen LogP contribution in [0.15, 0.2) is 64.9 Å². The number of hydrogen-bond donors (Lipinski definition) is 1. The molecule has 4 nitrogen and oxygen atoms in total. The molecular weight excluding hydrogens is 397 g/mol. The molecule has 1 amide bonds. The minimum Gasteiger partial charge on any atom is -0.350 e. The zero-order chi connectivity index (χ0) is 20.3. The van der Waals surface area contributed by atoms with Gasteiger partial charge in [0.15, 0.2) is 9.84 Å². The summed E-state index contributed by atoms with van der Waals surface area (Å²) in [6.45, 7) is 3.67. The lowest BCUT2D eigenvalue weighted by Gasteiger charge is -2.18. The number of rotatable bonds is 6. The number of sulfone groups is 1. The molecule has 0 bridgehead atoms. The van der Waals surface area contributed by atoms with Gasteiger partial charge in [0.2, 0.25) is 0 Å². The molecule has 2 aromatic carbocycles. The molecule has 0 radical (unpaired) electrons. The monoisotopic (exact) mass is 417 g/mol. The number of thiophene rings is 1. The summed E-state index contributed by atoms with van der Waals surface area (Å²) in [5.41, 5.74) is 2.04. The Morgan fingerprint density at radius 2 is 1.86 bits per heavy atom. The Labute approximate surface area is 168 Å². The van der Waals surface area contributed by atoms with Gasteiger partial charge < -0.3 is 5.32 Å². The zero-order valence-electron chi connectivity index (χ0n) is 15.5. The fraction of sp³-hybridized carbons (Fsp3) is 0.190. The van der Waals surface area contributed by atoms with Crippen molar-refractivity contribution in [2.75, 3.05) is 6.54 Å². The molecule has 7 heteroatoms. The molecule has 146 valence electrons. The summed E-state index contributed by atoms with van der Waals surface area (Å²) in [6, 6.07) is 13.8. The minimum absolute atomic E-state index is 0.106. The van der Waals surface area contributed by atoms with Crippen LogP contribution in [0.25, 0.3) is 0 Å². The van der Waals surface area contributed by atoms with Crippen molar-refractivity contribution in [2.45, 2.75) is 24.0 Å². The van der Waals surface area contributed by atoms with Gasteiger partial charge >= 0.3 is 0 Å². The molecule has 1 atom stereocenters. The van der Waals surface area contributed by atoms with E-state index in [1.54, 1.807) is 35.7 Å². The summed E-state index contributed by atoms with van der Waals surface area (Å²) in [6.07, 6.45) is 0. The van der Waals surface area contributed by atoms with E-state index in [4.69, 9.17) is 0 Å². The second kappa shape index (κ2) is 8.24. The second-order valence-corrected chi connectivity index (χ2v) is 9.63. The summed E-state index contributed by atoms with van der Waals surface area (Å²) in [5, 5.41) is 3.51. The van der Waals surface area contributed by atoms with Crippen LogP contribution in [0.1, 0.15) is 31.6 Å². The van der Waals surface area contributed by atoms with Gasteiger partial charge in [0.1, 0.15) is 11.1 Å². The fourth-order valence-electron chi connectivity index (χ4n) is 2.81. The summed E-state index contributed by atoms with van der Waals surface area (Å²) in [5.74, 6) is -1.04. The van der Waals surface area contributed by atoms with Crippen molar-refractivity contribution in [3.63, 3.8) is 0 Å². The van der Waals surface area contributed by atoms with Gasteiger partial charge in [-0.2, -0.15) is 0 Å². The van der Waals surface area contributed by atoms with Crippen LogP contribution in [0.4, 0.5) is 4.39 Å². The Bertz CT molecular complexity index is 1090. The highest BCUT2D eigenvalue weighted by molar-refractivity contribution is 7.91. The van der Waals surface area contributed by atoms with Gasteiger partial charge in [-0.15, -0.1) is 11.3 Å². The Morgan fingerprint density at radius 3 is 2.50 bits per heavy atom. The third kappa shape index (κ3) is 4.31. The van der Waals surface area contributed by atoms with Gasteiger partial charge in [-0.1, -0.05) is 18.2 Å². The van der Waals surface area contributed by atoms with E-state index in [9.17, 15) is 17.6 Å². The largest absolute Gasteiger partial charge is 0.350 e. The zero-order valence-corrected chi connectivity index (χ0v) is 17.1. The van der Waals surface area contributed by atoms with Crippen molar-refractivity contribution in [1.29, 1.82) is 0 Å². The van der Waals surface area contributed by atoms with Gasteiger partial charge in [0, 0.05) is 17.0 Å². The predicted molar refractivity (Wildman–Crippen MR) is 109 cm³/mol. The van der Waals surface area contributed by atoms with Gasteiger partial charge in [0.05, 0.1) is 4.90 Å². The van der Waals surface area contributed by atoms with Crippen molar-refractivity contribution in [3.05, 3.63) is 87.4 Å². The number of benzene rings is 2. The smallest absolute Gasteiger partial charge is 0.251 e. The molecule has 1 N–H and O–H groups in total. The number of carbonyl (C=O) groups is 1. The number of halogens is 1. The molecule has 0 aliphatic rings. The van der Waals surface area contributed by atoms with E-state index >= 15 is 0 Å². The summed E-state index contributed by atoms with van der Waals surface area (Å²) in [7, 11) is -3.73. The van der Waals surface area contributed by atoms with E-state index in [0.717, 1.165) is 17.2 Å². The van der Waals surface area contributed by atoms with Crippen LogP contribution in [0.3, 0.4) is 0 Å². The first-order chi connectivity index (χ1) is 13.3. The van der Waals surface area contributed by atoms with Crippen LogP contribution in [0.5, 0.6) is 0 Å². The molecule has 1 aromatic heterocycles. The van der Waals surface area contributed by atoms with Crippen LogP contribution < -0.4 is 5.32 Å². The highest BCUT2D eigenvalue weighted by Gasteiger charge is 2.30. The Hall–Kier alpha value is -2.51. The fourth-order valence-corrected chi connectivity index (χ4v) is 5.68. The molecule has 3 rings (SSSR count). The van der Waals surface area contributed by atoms with Crippen molar-refractivity contribution in [2.24, 2.45) is 0 Å². The van der Waals surface area contributed by atoms with Crippen LogP contribution in [-0.4, -0.2) is 20.9 Å². The first-order valence-electron chi connectivity index (χ1n) is 8.67. The first-order valence-corrected chi connectivity index (χ1v) is 11.1. The molecular formula is C21H20FNO3S2. The van der Waals surface area contributed by atoms with E-state index in [-0.39, 0.29) is 17.0 Å². The first kappa shape index (κ1) is 20.2. The van der Waals surface area contributed by atoms with E-state index in [1.807, 2.05) is 13.8 Å². The third-order valence-corrected chi connectivity index (χ3v) is 7.79. The minimum atomic E-state index is -3.73. The van der Waals surface area contributed by atoms with Crippen LogP contribution in [0.2, 0.25) is 0 Å². The number of nitrogens with one attached hydrogen (secondary N) is 1. The standard InChI is InChI=1S/C21H20FNO3S2/c1-14-8-9-18(11-15(14)2)28(25,26)20(19-7-4-10-27-19)13-23-21(24)16-5-3-6-17(22)12-16/h3-12,20H,13H2,1-2H3,(H,23,24)/t20-/m1/s1. The lowest BCUT2D eigenvalue weighted by molar-refractivity contribution is 0.0953. The normalized spacial score (nSPS) is 12.5. The number of hydrogen-bond acceptors (Lipinski definition) is 4. The van der Waals surface area contributed by atoms with Crippen molar-refractivity contribution in [1.82, 2.24) is 5.32 Å². The Morgan fingerprint density at radius 1 is 1.07 bits per heavy atom. The van der Waals surface area contributed by atoms with Crippen LogP contribution >= 0.6 is 11.3 Å². The average molecular weight is 418 g/mol. The van der Waals surface area contributed by atoms with Gasteiger partial charge in [0.25, 0.3) is 5.91 Å². The third-order valence-electron chi connectivity index (χ3n) is 4.58. The molecule has 0 saturated heterocycles. The predicted octanol–water partition coefficient (Wildman–Crippen LogP) is 4.45. The SMILES string of the molecule is Cc1ccc(S(=O)(=O)[C@H](CNC(=O)c2cccc(F)c2)c2cccs2)cc1C. The van der Waals surface area contributed by atoms with Crippen LogP contribution in [-0.2, 0) is 9.84 Å². The lowest BCUT2D eigenvalue weighted by Crippen LogP contribution is -2.31. The lowest BCUT2D eigenvalue weighted by atomic mass is 10.1.